The van der Waals surface area contributed by atoms with E-state index in [1.807, 2.05) is 6.07 Å². The Labute approximate surface area is 179 Å². The second-order valence-corrected chi connectivity index (χ2v) is 7.48. The summed E-state index contributed by atoms with van der Waals surface area (Å²) < 4.78 is 22.1. The Kier molecular flexibility index (Phi) is 5.70. The van der Waals surface area contributed by atoms with E-state index in [4.69, 9.17) is 4.74 Å². The van der Waals surface area contributed by atoms with Crippen LogP contribution in [0.15, 0.2) is 60.1 Å². The van der Waals surface area contributed by atoms with E-state index < -0.39 is 5.82 Å². The van der Waals surface area contributed by atoms with Crippen LogP contribution in [0, 0.1) is 5.82 Å². The van der Waals surface area contributed by atoms with Crippen LogP contribution >= 0.6 is 0 Å². The maximum Gasteiger partial charge on any atom is 0.253 e. The van der Waals surface area contributed by atoms with Gasteiger partial charge in [-0.25, -0.2) is 4.39 Å². The van der Waals surface area contributed by atoms with Crippen molar-refractivity contribution >= 4 is 17.4 Å². The van der Waals surface area contributed by atoms with E-state index in [-0.39, 0.29) is 5.91 Å². The normalized spacial score (nSPS) is 13.5. The summed E-state index contributed by atoms with van der Waals surface area (Å²) in [6.07, 6.45) is 7.79. The summed E-state index contributed by atoms with van der Waals surface area (Å²) in [4.78, 5) is 13.5. The van der Waals surface area contributed by atoms with Crippen LogP contribution in [-0.4, -0.2) is 53.2 Å². The SMILES string of the molecule is COC1=CCCC=C1CNc1ccc(-c2ccc(C(=O)N(C)C)cc2F)c2nncn12. The van der Waals surface area contributed by atoms with Gasteiger partial charge in [-0.3, -0.25) is 9.20 Å². The molecule has 4 rings (SSSR count). The van der Waals surface area contributed by atoms with Crippen LogP contribution in [0.3, 0.4) is 0 Å². The lowest BCUT2D eigenvalue weighted by Crippen LogP contribution is -2.21. The molecule has 2 heterocycles. The van der Waals surface area contributed by atoms with Gasteiger partial charge in [-0.2, -0.15) is 0 Å². The van der Waals surface area contributed by atoms with E-state index in [2.05, 4.69) is 27.7 Å². The third-order valence-corrected chi connectivity index (χ3v) is 5.25. The van der Waals surface area contributed by atoms with Gasteiger partial charge in [0, 0.05) is 42.9 Å². The second-order valence-electron chi connectivity index (χ2n) is 7.48. The number of carbonyl (C=O) groups is 1. The van der Waals surface area contributed by atoms with Gasteiger partial charge < -0.3 is 15.0 Å². The second kappa shape index (κ2) is 8.59. The number of ether oxygens (including phenoxy) is 1. The molecule has 0 aliphatic heterocycles. The predicted octanol–water partition coefficient (Wildman–Crippen LogP) is 3.90. The molecule has 0 unspecified atom stereocenters. The lowest BCUT2D eigenvalue weighted by atomic mass is 10.0. The molecule has 0 spiro atoms. The minimum absolute atomic E-state index is 0.251. The van der Waals surface area contributed by atoms with Crippen LogP contribution in [-0.2, 0) is 4.74 Å². The fourth-order valence-corrected chi connectivity index (χ4v) is 3.65. The number of nitrogens with zero attached hydrogens (tertiary/aromatic N) is 4. The largest absolute Gasteiger partial charge is 0.497 e. The number of hydrogen-bond donors (Lipinski definition) is 1. The molecule has 0 radical (unpaired) electrons. The molecule has 1 aromatic carbocycles. The molecule has 31 heavy (non-hydrogen) atoms. The third kappa shape index (κ3) is 4.01. The first-order valence-electron chi connectivity index (χ1n) is 10.0. The number of pyridine rings is 1. The predicted molar refractivity (Wildman–Crippen MR) is 117 cm³/mol. The molecule has 160 valence electrons. The molecule has 3 aromatic rings. The summed E-state index contributed by atoms with van der Waals surface area (Å²) in [5.41, 5.74) is 2.87. The average molecular weight is 421 g/mol. The smallest absolute Gasteiger partial charge is 0.253 e. The summed E-state index contributed by atoms with van der Waals surface area (Å²) in [5.74, 6) is 0.926. The van der Waals surface area contributed by atoms with Crippen LogP contribution in [0.25, 0.3) is 16.8 Å². The quantitative estimate of drug-likeness (QED) is 0.654. The number of nitrogens with one attached hydrogen (secondary N) is 1. The van der Waals surface area contributed by atoms with Gasteiger partial charge in [0.15, 0.2) is 5.65 Å². The minimum Gasteiger partial charge on any atom is -0.497 e. The van der Waals surface area contributed by atoms with Gasteiger partial charge in [-0.15, -0.1) is 10.2 Å². The van der Waals surface area contributed by atoms with Crippen LogP contribution in [0.4, 0.5) is 10.2 Å². The molecule has 0 saturated carbocycles. The molecule has 1 amide bonds. The van der Waals surface area contributed by atoms with Crippen molar-refractivity contribution in [2.24, 2.45) is 0 Å². The van der Waals surface area contributed by atoms with Crippen molar-refractivity contribution in [1.29, 1.82) is 0 Å². The van der Waals surface area contributed by atoms with Crippen molar-refractivity contribution in [3.63, 3.8) is 0 Å². The number of methoxy groups -OCH3 is 1. The zero-order chi connectivity index (χ0) is 22.0. The van der Waals surface area contributed by atoms with Crippen molar-refractivity contribution in [2.45, 2.75) is 12.8 Å². The maximum absolute atomic E-state index is 14.9. The van der Waals surface area contributed by atoms with E-state index in [1.54, 1.807) is 50.1 Å². The molecular formula is C23H24FN5O2. The van der Waals surface area contributed by atoms with Gasteiger partial charge >= 0.3 is 0 Å². The van der Waals surface area contributed by atoms with Crippen molar-refractivity contribution in [2.75, 3.05) is 33.1 Å². The van der Waals surface area contributed by atoms with Gasteiger partial charge in [-0.1, -0.05) is 12.1 Å². The number of hydrogen-bond acceptors (Lipinski definition) is 5. The minimum atomic E-state index is -0.486. The van der Waals surface area contributed by atoms with Crippen molar-refractivity contribution in [3.05, 3.63) is 71.5 Å². The van der Waals surface area contributed by atoms with E-state index in [1.165, 1.54) is 11.0 Å². The van der Waals surface area contributed by atoms with Gasteiger partial charge in [-0.05, 0) is 43.2 Å². The molecule has 1 aliphatic carbocycles. The third-order valence-electron chi connectivity index (χ3n) is 5.25. The molecule has 0 atom stereocenters. The number of benzene rings is 1. The molecule has 0 saturated heterocycles. The molecule has 1 N–H and O–H groups in total. The average Bonchev–Trinajstić information content (AvgIpc) is 3.27. The topological polar surface area (TPSA) is 71.8 Å². The number of allylic oxidation sites excluding steroid dienone is 2. The Bertz CT molecular complexity index is 1200. The van der Waals surface area contributed by atoms with Gasteiger partial charge in [0.1, 0.15) is 23.7 Å². The number of aromatic nitrogens is 3. The van der Waals surface area contributed by atoms with E-state index >= 15 is 0 Å². The van der Waals surface area contributed by atoms with E-state index in [0.717, 1.165) is 30.0 Å². The molecule has 8 heteroatoms. The fourth-order valence-electron chi connectivity index (χ4n) is 3.65. The van der Waals surface area contributed by atoms with Crippen molar-refractivity contribution in [3.8, 4) is 11.1 Å². The Morgan fingerprint density at radius 1 is 1.19 bits per heavy atom. The standard InChI is InChI=1S/C23H24FN5O2/c1-28(2)23(30)15-8-9-17(19(24)12-15)18-10-11-21(29-14-26-27-22(18)29)25-13-16-6-4-5-7-20(16)31-3/h6-12,14,25H,4-5,13H2,1-3H3. The lowest BCUT2D eigenvalue weighted by molar-refractivity contribution is 0.0827. The van der Waals surface area contributed by atoms with Crippen LogP contribution in [0.1, 0.15) is 23.2 Å². The summed E-state index contributed by atoms with van der Waals surface area (Å²) in [5, 5.41) is 11.6. The highest BCUT2D eigenvalue weighted by Crippen LogP contribution is 2.29. The first kappa shape index (κ1) is 20.6. The number of rotatable bonds is 6. The Balaban J connectivity index is 1.64. The molecule has 7 nitrogen and oxygen atoms in total. The maximum atomic E-state index is 14.9. The van der Waals surface area contributed by atoms with Crippen LogP contribution < -0.4 is 5.32 Å². The molecular weight excluding hydrogens is 397 g/mol. The van der Waals surface area contributed by atoms with E-state index in [9.17, 15) is 9.18 Å². The molecule has 0 fully saturated rings. The Morgan fingerprint density at radius 2 is 1.97 bits per heavy atom. The number of fused-ring (bicyclic) bond motifs is 1. The lowest BCUT2D eigenvalue weighted by Gasteiger charge is -2.17. The van der Waals surface area contributed by atoms with E-state index in [0.29, 0.717) is 28.9 Å². The molecule has 0 bridgehead atoms. The Hall–Kier alpha value is -3.68. The Morgan fingerprint density at radius 3 is 2.71 bits per heavy atom. The summed E-state index contributed by atoms with van der Waals surface area (Å²) in [6, 6.07) is 8.15. The molecule has 2 aromatic heterocycles. The first-order chi connectivity index (χ1) is 15.0. The van der Waals surface area contributed by atoms with Gasteiger partial charge in [0.25, 0.3) is 5.91 Å². The number of anilines is 1. The monoisotopic (exact) mass is 421 g/mol. The zero-order valence-electron chi connectivity index (χ0n) is 17.7. The summed E-state index contributed by atoms with van der Waals surface area (Å²) in [7, 11) is 4.94. The molecule has 1 aliphatic rings. The zero-order valence-corrected chi connectivity index (χ0v) is 17.7. The summed E-state index contributed by atoms with van der Waals surface area (Å²) in [6.45, 7) is 0.585. The number of carbonyl (C=O) groups excluding carboxylic acids is 1. The number of amides is 1. The fraction of sp³-hybridized carbons (Fsp3) is 0.261. The highest BCUT2D eigenvalue weighted by atomic mass is 19.1. The summed E-state index contributed by atoms with van der Waals surface area (Å²) >= 11 is 0. The van der Waals surface area contributed by atoms with Gasteiger partial charge in [0.2, 0.25) is 0 Å². The highest BCUT2D eigenvalue weighted by molar-refractivity contribution is 5.94. The van der Waals surface area contributed by atoms with Gasteiger partial charge in [0.05, 0.1) is 7.11 Å². The number of halogens is 1. The van der Waals surface area contributed by atoms with Crippen molar-refractivity contribution in [1.82, 2.24) is 19.5 Å². The van der Waals surface area contributed by atoms with Crippen LogP contribution in [0.5, 0.6) is 0 Å². The van der Waals surface area contributed by atoms with Crippen molar-refractivity contribution < 1.29 is 13.9 Å². The van der Waals surface area contributed by atoms with Crippen LogP contribution in [0.2, 0.25) is 0 Å². The first-order valence-corrected chi connectivity index (χ1v) is 10.0. The highest BCUT2D eigenvalue weighted by Gasteiger charge is 2.17.